The zero-order chi connectivity index (χ0) is 20.1. The second kappa shape index (κ2) is 9.61. The van der Waals surface area contributed by atoms with Crippen molar-refractivity contribution >= 4 is 19.2 Å². The number of aromatic nitrogens is 1. The van der Waals surface area contributed by atoms with E-state index in [4.69, 9.17) is 20.5 Å². The van der Waals surface area contributed by atoms with E-state index in [2.05, 4.69) is 29.6 Å². The lowest BCUT2D eigenvalue weighted by Gasteiger charge is -2.20. The summed E-state index contributed by atoms with van der Waals surface area (Å²) >= 11 is 1.83. The minimum absolute atomic E-state index is 0.0382. The zero-order valence-corrected chi connectivity index (χ0v) is 18.0. The molecule has 0 saturated carbocycles. The molecule has 3 rings (SSSR count). The highest BCUT2D eigenvalue weighted by Gasteiger charge is 2.22. The fraction of sp³-hybridized carbons (Fsp3) is 0.550. The van der Waals surface area contributed by atoms with Crippen LogP contribution in [0.15, 0.2) is 18.2 Å². The van der Waals surface area contributed by atoms with E-state index >= 15 is 0 Å². The Balaban J connectivity index is 1.70. The van der Waals surface area contributed by atoms with Crippen LogP contribution in [0.3, 0.4) is 0 Å². The highest BCUT2D eigenvalue weighted by atomic mass is 32.1. The molecule has 1 heterocycles. The molecular formula is C20H29N2O4PS. The van der Waals surface area contributed by atoms with Crippen molar-refractivity contribution in [2.24, 2.45) is 5.73 Å². The van der Waals surface area contributed by atoms with Crippen LogP contribution in [-0.2, 0) is 28.4 Å². The van der Waals surface area contributed by atoms with Crippen molar-refractivity contribution in [3.63, 3.8) is 0 Å². The van der Waals surface area contributed by atoms with Crippen LogP contribution in [0.25, 0.3) is 10.4 Å². The van der Waals surface area contributed by atoms with Crippen molar-refractivity contribution in [1.82, 2.24) is 4.98 Å². The average Bonchev–Trinajstić information content (AvgIpc) is 3.08. The van der Waals surface area contributed by atoms with E-state index in [1.807, 2.05) is 11.3 Å². The monoisotopic (exact) mass is 424 g/mol. The molecule has 0 bridgehead atoms. The first-order valence-corrected chi connectivity index (χ1v) is 12.3. The normalized spacial score (nSPS) is 14.6. The molecule has 4 N–H and O–H groups in total. The predicted molar refractivity (Wildman–Crippen MR) is 113 cm³/mol. The van der Waals surface area contributed by atoms with Crippen LogP contribution in [0.4, 0.5) is 0 Å². The molecule has 0 amide bonds. The average molecular weight is 425 g/mol. The minimum atomic E-state index is -4.39. The number of hydrogen-bond acceptors (Lipinski definition) is 5. The molecule has 0 radical (unpaired) electrons. The van der Waals surface area contributed by atoms with Crippen LogP contribution in [0.5, 0.6) is 0 Å². The van der Waals surface area contributed by atoms with Gasteiger partial charge in [-0.3, -0.25) is 4.52 Å². The van der Waals surface area contributed by atoms with E-state index in [9.17, 15) is 4.57 Å². The zero-order valence-electron chi connectivity index (χ0n) is 16.3. The molecule has 0 spiro atoms. The number of unbranched alkanes of at least 4 members (excludes halogenated alkanes) is 1. The van der Waals surface area contributed by atoms with Crippen molar-refractivity contribution < 1.29 is 18.9 Å². The van der Waals surface area contributed by atoms with Gasteiger partial charge >= 0.3 is 7.82 Å². The van der Waals surface area contributed by atoms with Crippen LogP contribution in [-0.4, -0.2) is 27.9 Å². The number of thiazole rings is 1. The van der Waals surface area contributed by atoms with Gasteiger partial charge in [-0.15, -0.1) is 11.3 Å². The van der Waals surface area contributed by atoms with Crippen LogP contribution in [0.1, 0.15) is 60.4 Å². The van der Waals surface area contributed by atoms with E-state index < -0.39 is 7.82 Å². The first-order chi connectivity index (χ1) is 13.4. The number of fused-ring (bicyclic) bond motifs is 3. The number of benzene rings is 1. The second-order valence-electron chi connectivity index (χ2n) is 7.30. The summed E-state index contributed by atoms with van der Waals surface area (Å²) in [7, 11) is -4.39. The summed E-state index contributed by atoms with van der Waals surface area (Å²) in [6, 6.07) is 6.59. The maximum absolute atomic E-state index is 10.8. The summed E-state index contributed by atoms with van der Waals surface area (Å²) in [6.07, 6.45) is 6.70. The molecule has 6 nitrogen and oxygen atoms in total. The summed E-state index contributed by atoms with van der Waals surface area (Å²) in [4.78, 5) is 23.7. The third-order valence-electron chi connectivity index (χ3n) is 5.20. The number of phosphoric acid groups is 1. The Morgan fingerprint density at radius 3 is 2.86 bits per heavy atom. The van der Waals surface area contributed by atoms with Gasteiger partial charge in [-0.25, -0.2) is 9.55 Å². The van der Waals surface area contributed by atoms with Gasteiger partial charge in [0.05, 0.1) is 22.2 Å². The topological polar surface area (TPSA) is 106 Å². The predicted octanol–water partition coefficient (Wildman–Crippen LogP) is 4.18. The fourth-order valence-electron chi connectivity index (χ4n) is 3.70. The summed E-state index contributed by atoms with van der Waals surface area (Å²) in [6.45, 7) is 2.74. The van der Waals surface area contributed by atoms with Crippen molar-refractivity contribution in [3.05, 3.63) is 40.0 Å². The fourth-order valence-corrected chi connectivity index (χ4v) is 5.28. The Hall–Kier alpha value is -1.08. The molecule has 154 valence electrons. The van der Waals surface area contributed by atoms with Crippen molar-refractivity contribution in [3.8, 4) is 10.4 Å². The van der Waals surface area contributed by atoms with Gasteiger partial charge in [0.15, 0.2) is 0 Å². The molecule has 2 aromatic rings. The minimum Gasteiger partial charge on any atom is -0.330 e. The number of hydrogen-bond donors (Lipinski definition) is 3. The largest absolute Gasteiger partial charge is 0.469 e. The maximum Gasteiger partial charge on any atom is 0.469 e. The van der Waals surface area contributed by atoms with Crippen LogP contribution in [0.2, 0.25) is 0 Å². The lowest BCUT2D eigenvalue weighted by atomic mass is 9.87. The lowest BCUT2D eigenvalue weighted by Crippen LogP contribution is -2.14. The van der Waals surface area contributed by atoms with Gasteiger partial charge < -0.3 is 15.5 Å². The summed E-state index contributed by atoms with van der Waals surface area (Å²) in [5.74, 6) is 0.161. The molecule has 0 unspecified atom stereocenters. The van der Waals surface area contributed by atoms with Crippen molar-refractivity contribution in [2.45, 2.75) is 57.8 Å². The number of aryl methyl sites for hydroxylation is 3. The van der Waals surface area contributed by atoms with E-state index in [1.165, 1.54) is 45.1 Å². The van der Waals surface area contributed by atoms with Gasteiger partial charge in [0.25, 0.3) is 0 Å². The molecule has 0 aliphatic heterocycles. The van der Waals surface area contributed by atoms with E-state index in [0.717, 1.165) is 25.7 Å². The van der Waals surface area contributed by atoms with Gasteiger partial charge in [0.1, 0.15) is 0 Å². The SMILES string of the molecule is CCCCc1nc2c(s1)-c1ccc([C@H](CN)CCCOP(=O)(O)O)cc1CC2. The Bertz CT molecular complexity index is 849. The molecule has 1 aliphatic carbocycles. The quantitative estimate of drug-likeness (QED) is 0.390. The standard InChI is InChI=1S/C20H29N2O4PS/c1-2-3-6-19-22-18-10-8-15-12-14(7-9-17(15)20(18)28-19)16(13-21)5-4-11-26-27(23,24)25/h7,9,12,16H,2-6,8,10-11,13,21H2,1H3,(H2,23,24,25)/t16-/m0/s1. The summed E-state index contributed by atoms with van der Waals surface area (Å²) in [5.41, 5.74) is 11.0. The Morgan fingerprint density at radius 2 is 2.14 bits per heavy atom. The molecule has 1 aromatic heterocycles. The Morgan fingerprint density at radius 1 is 1.32 bits per heavy atom. The lowest BCUT2D eigenvalue weighted by molar-refractivity contribution is 0.192. The van der Waals surface area contributed by atoms with Crippen LogP contribution < -0.4 is 5.73 Å². The third kappa shape index (κ3) is 5.50. The molecule has 0 fully saturated rings. The van der Waals surface area contributed by atoms with Crippen molar-refractivity contribution in [1.29, 1.82) is 0 Å². The van der Waals surface area contributed by atoms with Crippen LogP contribution >= 0.6 is 19.2 Å². The molecule has 1 aliphatic rings. The highest BCUT2D eigenvalue weighted by molar-refractivity contribution is 7.46. The van der Waals surface area contributed by atoms with E-state index in [1.54, 1.807) is 0 Å². The molecule has 8 heteroatoms. The van der Waals surface area contributed by atoms with Gasteiger partial charge in [0.2, 0.25) is 0 Å². The number of nitrogens with zero attached hydrogens (tertiary/aromatic N) is 1. The number of phosphoric ester groups is 1. The molecule has 1 aromatic carbocycles. The maximum atomic E-state index is 10.8. The number of rotatable bonds is 10. The smallest absolute Gasteiger partial charge is 0.330 e. The van der Waals surface area contributed by atoms with Gasteiger partial charge in [-0.05, 0) is 67.7 Å². The Kier molecular flexibility index (Phi) is 7.42. The molecule has 0 saturated heterocycles. The number of nitrogens with two attached hydrogens (primary N) is 1. The second-order valence-corrected chi connectivity index (χ2v) is 9.63. The Labute approximate surface area is 170 Å². The first-order valence-electron chi connectivity index (χ1n) is 9.93. The van der Waals surface area contributed by atoms with E-state index in [-0.39, 0.29) is 12.5 Å². The summed E-state index contributed by atoms with van der Waals surface area (Å²) < 4.78 is 15.3. The molecule has 28 heavy (non-hydrogen) atoms. The molecule has 1 atom stereocenters. The highest BCUT2D eigenvalue weighted by Crippen LogP contribution is 2.40. The van der Waals surface area contributed by atoms with Crippen molar-refractivity contribution in [2.75, 3.05) is 13.2 Å². The van der Waals surface area contributed by atoms with Gasteiger partial charge in [-0.2, -0.15) is 0 Å². The van der Waals surface area contributed by atoms with Gasteiger partial charge in [-0.1, -0.05) is 31.5 Å². The molecular weight excluding hydrogens is 395 g/mol. The van der Waals surface area contributed by atoms with Crippen LogP contribution in [0, 0.1) is 0 Å². The van der Waals surface area contributed by atoms with Gasteiger partial charge in [0, 0.05) is 0 Å². The summed E-state index contributed by atoms with van der Waals surface area (Å²) in [5, 5.41) is 1.24. The third-order valence-corrected chi connectivity index (χ3v) is 6.91. The van der Waals surface area contributed by atoms with E-state index in [0.29, 0.717) is 13.0 Å². The first kappa shape index (κ1) is 21.6.